The van der Waals surface area contributed by atoms with Crippen molar-refractivity contribution >= 4 is 29.2 Å². The minimum Gasteiger partial charge on any atom is -0.356 e. The normalized spacial score (nSPS) is 15.1. The van der Waals surface area contributed by atoms with Crippen molar-refractivity contribution < 1.29 is 0 Å². The molecule has 2 heterocycles. The van der Waals surface area contributed by atoms with Gasteiger partial charge in [-0.1, -0.05) is 41.6 Å². The van der Waals surface area contributed by atoms with Crippen LogP contribution in [0.2, 0.25) is 5.02 Å². The fraction of sp³-hybridized carbons (Fsp3) is 0.412. The standard InChI is InChI=1S/C17H20ClN3S/c1-13-11-16(21-9-5-2-6-10-21)20-17(19-13)22-12-14-7-3-4-8-15(14)18/h3-4,7-8,11H,2,5-6,9-10,12H2,1H3. The average molecular weight is 334 g/mol. The molecule has 116 valence electrons. The summed E-state index contributed by atoms with van der Waals surface area (Å²) in [6, 6.07) is 10.0. The van der Waals surface area contributed by atoms with Crippen LogP contribution in [0, 0.1) is 6.92 Å². The van der Waals surface area contributed by atoms with Crippen LogP contribution in [0.1, 0.15) is 30.5 Å². The fourth-order valence-corrected chi connectivity index (χ4v) is 3.82. The lowest BCUT2D eigenvalue weighted by Crippen LogP contribution is -2.30. The molecule has 1 saturated heterocycles. The summed E-state index contributed by atoms with van der Waals surface area (Å²) in [7, 11) is 0. The summed E-state index contributed by atoms with van der Waals surface area (Å²) in [5, 5.41) is 1.64. The van der Waals surface area contributed by atoms with Crippen molar-refractivity contribution in [3.05, 3.63) is 46.6 Å². The number of aryl methyl sites for hydroxylation is 1. The molecule has 0 amide bonds. The zero-order valence-corrected chi connectivity index (χ0v) is 14.3. The molecule has 0 N–H and O–H groups in total. The van der Waals surface area contributed by atoms with Gasteiger partial charge in [0.25, 0.3) is 0 Å². The molecular weight excluding hydrogens is 314 g/mol. The molecule has 5 heteroatoms. The van der Waals surface area contributed by atoms with Gasteiger partial charge < -0.3 is 4.90 Å². The summed E-state index contributed by atoms with van der Waals surface area (Å²) in [5.41, 5.74) is 2.15. The third-order valence-electron chi connectivity index (χ3n) is 3.81. The van der Waals surface area contributed by atoms with Gasteiger partial charge in [0.1, 0.15) is 5.82 Å². The number of anilines is 1. The lowest BCUT2D eigenvalue weighted by Gasteiger charge is -2.28. The van der Waals surface area contributed by atoms with E-state index in [1.807, 2.05) is 25.1 Å². The second-order valence-corrected chi connectivity index (χ2v) is 6.93. The van der Waals surface area contributed by atoms with Gasteiger partial charge in [-0.2, -0.15) is 0 Å². The Morgan fingerprint density at radius 3 is 2.68 bits per heavy atom. The van der Waals surface area contributed by atoms with Gasteiger partial charge in [-0.05, 0) is 37.8 Å². The molecule has 1 aromatic carbocycles. The first-order valence-electron chi connectivity index (χ1n) is 7.69. The van der Waals surface area contributed by atoms with E-state index in [1.54, 1.807) is 11.8 Å². The molecule has 0 bridgehead atoms. The van der Waals surface area contributed by atoms with Crippen molar-refractivity contribution in [2.75, 3.05) is 18.0 Å². The number of aromatic nitrogens is 2. The number of nitrogens with zero attached hydrogens (tertiary/aromatic N) is 3. The Labute approximate surface area is 141 Å². The zero-order chi connectivity index (χ0) is 15.4. The molecule has 22 heavy (non-hydrogen) atoms. The minimum atomic E-state index is 0.794. The number of halogens is 1. The number of hydrogen-bond donors (Lipinski definition) is 0. The van der Waals surface area contributed by atoms with Gasteiger partial charge in [-0.3, -0.25) is 0 Å². The Morgan fingerprint density at radius 2 is 1.91 bits per heavy atom. The number of rotatable bonds is 4. The maximum Gasteiger partial charge on any atom is 0.190 e. The third-order valence-corrected chi connectivity index (χ3v) is 5.08. The highest BCUT2D eigenvalue weighted by atomic mass is 35.5. The van der Waals surface area contributed by atoms with Crippen LogP contribution in [-0.4, -0.2) is 23.1 Å². The summed E-state index contributed by atoms with van der Waals surface area (Å²) < 4.78 is 0. The first-order chi connectivity index (χ1) is 10.7. The van der Waals surface area contributed by atoms with Crippen molar-refractivity contribution in [1.29, 1.82) is 0 Å². The topological polar surface area (TPSA) is 29.0 Å². The molecule has 1 aromatic heterocycles. The molecular formula is C17H20ClN3S. The highest BCUT2D eigenvalue weighted by Crippen LogP contribution is 2.27. The van der Waals surface area contributed by atoms with Gasteiger partial charge in [0, 0.05) is 35.6 Å². The van der Waals surface area contributed by atoms with Crippen LogP contribution in [-0.2, 0) is 5.75 Å². The van der Waals surface area contributed by atoms with E-state index in [2.05, 4.69) is 22.0 Å². The molecule has 0 unspecified atom stereocenters. The summed E-state index contributed by atoms with van der Waals surface area (Å²) in [6.07, 6.45) is 3.84. The zero-order valence-electron chi connectivity index (χ0n) is 12.8. The van der Waals surface area contributed by atoms with Crippen molar-refractivity contribution in [2.24, 2.45) is 0 Å². The number of benzene rings is 1. The van der Waals surface area contributed by atoms with Crippen LogP contribution in [0.3, 0.4) is 0 Å². The van der Waals surface area contributed by atoms with Crippen molar-refractivity contribution in [3.63, 3.8) is 0 Å². The Kier molecular flexibility index (Phi) is 5.21. The predicted molar refractivity (Wildman–Crippen MR) is 93.8 cm³/mol. The van der Waals surface area contributed by atoms with E-state index in [4.69, 9.17) is 16.6 Å². The van der Waals surface area contributed by atoms with E-state index in [0.29, 0.717) is 0 Å². The molecule has 0 saturated carbocycles. The van der Waals surface area contributed by atoms with Gasteiger partial charge >= 0.3 is 0 Å². The largest absolute Gasteiger partial charge is 0.356 e. The smallest absolute Gasteiger partial charge is 0.190 e. The van der Waals surface area contributed by atoms with Crippen LogP contribution in [0.25, 0.3) is 0 Å². The van der Waals surface area contributed by atoms with Gasteiger partial charge in [0.15, 0.2) is 5.16 Å². The van der Waals surface area contributed by atoms with Crippen LogP contribution in [0.5, 0.6) is 0 Å². The summed E-state index contributed by atoms with van der Waals surface area (Å²) in [4.78, 5) is 11.7. The van der Waals surface area contributed by atoms with Crippen LogP contribution >= 0.6 is 23.4 Å². The van der Waals surface area contributed by atoms with E-state index in [0.717, 1.165) is 46.1 Å². The molecule has 0 atom stereocenters. The van der Waals surface area contributed by atoms with Gasteiger partial charge in [0.05, 0.1) is 0 Å². The van der Waals surface area contributed by atoms with Crippen molar-refractivity contribution in [3.8, 4) is 0 Å². The molecule has 3 rings (SSSR count). The van der Waals surface area contributed by atoms with E-state index in [-0.39, 0.29) is 0 Å². The maximum absolute atomic E-state index is 6.21. The van der Waals surface area contributed by atoms with E-state index in [1.165, 1.54) is 19.3 Å². The quantitative estimate of drug-likeness (QED) is 0.598. The fourth-order valence-electron chi connectivity index (χ4n) is 2.63. The van der Waals surface area contributed by atoms with Crippen LogP contribution in [0.15, 0.2) is 35.5 Å². The number of hydrogen-bond acceptors (Lipinski definition) is 4. The molecule has 3 nitrogen and oxygen atoms in total. The Morgan fingerprint density at radius 1 is 1.14 bits per heavy atom. The van der Waals surface area contributed by atoms with Crippen molar-refractivity contribution in [1.82, 2.24) is 9.97 Å². The predicted octanol–water partition coefficient (Wildman–Crippen LogP) is 4.72. The molecule has 1 aliphatic rings. The maximum atomic E-state index is 6.21. The van der Waals surface area contributed by atoms with Gasteiger partial charge in [0.2, 0.25) is 0 Å². The van der Waals surface area contributed by atoms with Crippen molar-refractivity contribution in [2.45, 2.75) is 37.1 Å². The molecule has 0 spiro atoms. The lowest BCUT2D eigenvalue weighted by molar-refractivity contribution is 0.570. The average Bonchev–Trinajstić information content (AvgIpc) is 2.54. The first kappa shape index (κ1) is 15.6. The minimum absolute atomic E-state index is 0.794. The van der Waals surface area contributed by atoms with Gasteiger partial charge in [-0.25, -0.2) is 9.97 Å². The second kappa shape index (κ2) is 7.34. The van der Waals surface area contributed by atoms with Crippen LogP contribution in [0.4, 0.5) is 5.82 Å². The Balaban J connectivity index is 1.73. The van der Waals surface area contributed by atoms with E-state index in [9.17, 15) is 0 Å². The monoisotopic (exact) mass is 333 g/mol. The Bertz CT molecular complexity index is 642. The molecule has 0 aliphatic carbocycles. The highest BCUT2D eigenvalue weighted by molar-refractivity contribution is 7.98. The van der Waals surface area contributed by atoms with Crippen LogP contribution < -0.4 is 4.90 Å². The molecule has 2 aromatic rings. The summed E-state index contributed by atoms with van der Waals surface area (Å²) in [5.74, 6) is 1.86. The molecule has 0 radical (unpaired) electrons. The second-order valence-electron chi connectivity index (χ2n) is 5.58. The first-order valence-corrected chi connectivity index (χ1v) is 9.05. The third kappa shape index (κ3) is 3.93. The highest BCUT2D eigenvalue weighted by Gasteiger charge is 2.14. The van der Waals surface area contributed by atoms with Gasteiger partial charge in [-0.15, -0.1) is 0 Å². The lowest BCUT2D eigenvalue weighted by atomic mass is 10.1. The van der Waals surface area contributed by atoms with E-state index < -0.39 is 0 Å². The number of thioether (sulfide) groups is 1. The summed E-state index contributed by atoms with van der Waals surface area (Å²) in [6.45, 7) is 4.24. The summed E-state index contributed by atoms with van der Waals surface area (Å²) >= 11 is 7.86. The molecule has 1 fully saturated rings. The molecule has 1 aliphatic heterocycles. The Hall–Kier alpha value is -1.26. The van der Waals surface area contributed by atoms with E-state index >= 15 is 0 Å². The SMILES string of the molecule is Cc1cc(N2CCCCC2)nc(SCc2ccccc2Cl)n1. The number of piperidine rings is 1.